The van der Waals surface area contributed by atoms with Gasteiger partial charge >= 0.3 is 0 Å². The molecule has 2 aromatic heterocycles. The van der Waals surface area contributed by atoms with Crippen molar-refractivity contribution in [2.75, 3.05) is 31.1 Å². The highest BCUT2D eigenvalue weighted by Gasteiger charge is 2.22. The van der Waals surface area contributed by atoms with Gasteiger partial charge in [-0.2, -0.15) is 0 Å². The van der Waals surface area contributed by atoms with Crippen LogP contribution in [0, 0.1) is 19.7 Å². The highest BCUT2D eigenvalue weighted by molar-refractivity contribution is 5.81. The van der Waals surface area contributed by atoms with Crippen LogP contribution in [0.5, 0.6) is 0 Å². The van der Waals surface area contributed by atoms with Crippen LogP contribution >= 0.6 is 0 Å². The van der Waals surface area contributed by atoms with Crippen molar-refractivity contribution < 1.29 is 4.39 Å². The number of nitrogens with zero attached hydrogens (tertiary/aromatic N) is 4. The first kappa shape index (κ1) is 21.3. The summed E-state index contributed by atoms with van der Waals surface area (Å²) in [5.74, 6) is 0.824. The van der Waals surface area contributed by atoms with Crippen molar-refractivity contribution in [1.82, 2.24) is 25.2 Å². The molecule has 0 atom stereocenters. The number of halogens is 1. The van der Waals surface area contributed by atoms with Gasteiger partial charge in [-0.15, -0.1) is 0 Å². The summed E-state index contributed by atoms with van der Waals surface area (Å²) in [4.78, 5) is 12.4. The number of hydrogen-bond donors (Lipinski definition) is 2. The van der Waals surface area contributed by atoms with Gasteiger partial charge in [0, 0.05) is 44.5 Å². The highest BCUT2D eigenvalue weighted by atomic mass is 19.1. The van der Waals surface area contributed by atoms with Crippen molar-refractivity contribution in [2.45, 2.75) is 58.7 Å². The summed E-state index contributed by atoms with van der Waals surface area (Å²) in [7, 11) is 0. The Morgan fingerprint density at radius 1 is 1.09 bits per heavy atom. The average Bonchev–Trinajstić information content (AvgIpc) is 3.44. The van der Waals surface area contributed by atoms with Crippen LogP contribution in [-0.2, 0) is 13.1 Å². The maximum atomic E-state index is 13.9. The Labute approximate surface area is 189 Å². The molecule has 5 rings (SSSR count). The van der Waals surface area contributed by atoms with E-state index in [4.69, 9.17) is 9.97 Å². The van der Waals surface area contributed by atoms with Gasteiger partial charge in [0.05, 0.1) is 17.8 Å². The minimum atomic E-state index is -0.160. The summed E-state index contributed by atoms with van der Waals surface area (Å²) in [6, 6.07) is 8.12. The normalized spacial score (nSPS) is 17.5. The predicted molar refractivity (Wildman–Crippen MR) is 127 cm³/mol. The van der Waals surface area contributed by atoms with E-state index in [1.54, 1.807) is 6.07 Å². The number of nitrogens with one attached hydrogen (secondary N) is 2. The lowest BCUT2D eigenvalue weighted by Gasteiger charge is -2.29. The molecule has 2 aliphatic rings. The van der Waals surface area contributed by atoms with Crippen LogP contribution < -0.4 is 15.5 Å². The third-order valence-corrected chi connectivity index (χ3v) is 6.79. The second-order valence-corrected chi connectivity index (χ2v) is 9.26. The van der Waals surface area contributed by atoms with Gasteiger partial charge in [0.1, 0.15) is 11.3 Å². The van der Waals surface area contributed by atoms with Crippen LogP contribution in [-0.4, -0.2) is 46.8 Å². The maximum Gasteiger partial charge on any atom is 0.207 e. The van der Waals surface area contributed by atoms with Crippen LogP contribution in [0.15, 0.2) is 24.3 Å². The van der Waals surface area contributed by atoms with E-state index in [0.717, 1.165) is 66.7 Å². The molecule has 2 fully saturated rings. The van der Waals surface area contributed by atoms with E-state index in [0.29, 0.717) is 18.2 Å². The molecule has 0 unspecified atom stereocenters. The van der Waals surface area contributed by atoms with Crippen LogP contribution in [0.3, 0.4) is 0 Å². The number of hydrogen-bond acceptors (Lipinski definition) is 5. The molecule has 0 spiro atoms. The quantitative estimate of drug-likeness (QED) is 0.617. The molecule has 0 bridgehead atoms. The monoisotopic (exact) mass is 436 g/mol. The fraction of sp³-hybridized carbons (Fsp3) is 0.520. The second-order valence-electron chi connectivity index (χ2n) is 9.26. The third-order valence-electron chi connectivity index (χ3n) is 6.79. The first-order chi connectivity index (χ1) is 15.6. The second kappa shape index (κ2) is 9.16. The standard InChI is InChI=1S/C25H33FN6/c1-17-13-19(7-8-21(17)26)16-32-23-14-18(2)29-22(15-28-20-5-3-4-6-20)24(23)30-25(32)31-11-9-27-10-12-31/h7-8,13-14,20,27-28H,3-6,9-12,15-16H2,1-2H3. The van der Waals surface area contributed by atoms with Gasteiger partial charge in [0.15, 0.2) is 0 Å². The number of piperazine rings is 1. The number of aryl methyl sites for hydroxylation is 2. The van der Waals surface area contributed by atoms with E-state index in [2.05, 4.69) is 33.1 Å². The maximum absolute atomic E-state index is 13.9. The van der Waals surface area contributed by atoms with Gasteiger partial charge in [-0.1, -0.05) is 25.0 Å². The van der Waals surface area contributed by atoms with Gasteiger partial charge in [0.25, 0.3) is 0 Å². The molecule has 3 aromatic rings. The summed E-state index contributed by atoms with van der Waals surface area (Å²) in [6.45, 7) is 9.04. The Kier molecular flexibility index (Phi) is 6.11. The van der Waals surface area contributed by atoms with E-state index >= 15 is 0 Å². The third kappa shape index (κ3) is 4.36. The summed E-state index contributed by atoms with van der Waals surface area (Å²) in [5, 5.41) is 7.14. The number of benzene rings is 1. The van der Waals surface area contributed by atoms with Gasteiger partial charge < -0.3 is 20.1 Å². The Hall–Kier alpha value is -2.51. The minimum absolute atomic E-state index is 0.160. The summed E-state index contributed by atoms with van der Waals surface area (Å²) in [5.41, 5.74) is 5.88. The zero-order chi connectivity index (χ0) is 22.1. The molecule has 7 heteroatoms. The van der Waals surface area contributed by atoms with Crippen molar-refractivity contribution >= 4 is 17.0 Å². The molecule has 2 N–H and O–H groups in total. The van der Waals surface area contributed by atoms with E-state index in [1.165, 1.54) is 25.7 Å². The van der Waals surface area contributed by atoms with Crippen molar-refractivity contribution in [3.05, 3.63) is 52.6 Å². The van der Waals surface area contributed by atoms with Crippen LogP contribution in [0.4, 0.5) is 10.3 Å². The molecule has 1 saturated carbocycles. The molecule has 3 heterocycles. The SMILES string of the molecule is Cc1cc2c(nc(N3CCNCC3)n2Cc2ccc(F)c(C)c2)c(CNC2CCCC2)n1. The van der Waals surface area contributed by atoms with Crippen molar-refractivity contribution in [3.8, 4) is 0 Å². The number of fused-ring (bicyclic) bond motifs is 1. The molecule has 1 aliphatic heterocycles. The van der Waals surface area contributed by atoms with Crippen LogP contribution in [0.25, 0.3) is 11.0 Å². The molecule has 1 saturated heterocycles. The van der Waals surface area contributed by atoms with Gasteiger partial charge in [0.2, 0.25) is 5.95 Å². The van der Waals surface area contributed by atoms with Gasteiger partial charge in [-0.05, 0) is 49.9 Å². The molecular formula is C25H33FN6. The minimum Gasteiger partial charge on any atom is -0.340 e. The molecule has 170 valence electrons. The lowest BCUT2D eigenvalue weighted by molar-refractivity contribution is 0.520. The molecule has 1 aromatic carbocycles. The number of imidazole rings is 1. The number of anilines is 1. The van der Waals surface area contributed by atoms with Crippen molar-refractivity contribution in [3.63, 3.8) is 0 Å². The van der Waals surface area contributed by atoms with Crippen molar-refractivity contribution in [2.24, 2.45) is 0 Å². The average molecular weight is 437 g/mol. The first-order valence-electron chi connectivity index (χ1n) is 11.9. The van der Waals surface area contributed by atoms with Crippen LogP contribution in [0.1, 0.15) is 48.2 Å². The summed E-state index contributed by atoms with van der Waals surface area (Å²) >= 11 is 0. The Morgan fingerprint density at radius 3 is 2.62 bits per heavy atom. The summed E-state index contributed by atoms with van der Waals surface area (Å²) < 4.78 is 16.2. The lowest BCUT2D eigenvalue weighted by atomic mass is 10.1. The largest absolute Gasteiger partial charge is 0.340 e. The molecule has 0 amide bonds. The number of aromatic nitrogens is 3. The first-order valence-corrected chi connectivity index (χ1v) is 11.9. The number of pyridine rings is 1. The molecule has 1 aliphatic carbocycles. The molecular weight excluding hydrogens is 403 g/mol. The lowest BCUT2D eigenvalue weighted by Crippen LogP contribution is -2.44. The van der Waals surface area contributed by atoms with Crippen molar-refractivity contribution in [1.29, 1.82) is 0 Å². The zero-order valence-corrected chi connectivity index (χ0v) is 19.1. The van der Waals surface area contributed by atoms with Crippen LogP contribution in [0.2, 0.25) is 0 Å². The summed E-state index contributed by atoms with van der Waals surface area (Å²) in [6.07, 6.45) is 5.12. The zero-order valence-electron chi connectivity index (χ0n) is 19.1. The van der Waals surface area contributed by atoms with E-state index in [-0.39, 0.29) is 5.82 Å². The number of rotatable bonds is 6. The van der Waals surface area contributed by atoms with E-state index in [9.17, 15) is 4.39 Å². The smallest absolute Gasteiger partial charge is 0.207 e. The van der Waals surface area contributed by atoms with E-state index < -0.39 is 0 Å². The van der Waals surface area contributed by atoms with E-state index in [1.807, 2.05) is 19.1 Å². The Morgan fingerprint density at radius 2 is 1.88 bits per heavy atom. The highest BCUT2D eigenvalue weighted by Crippen LogP contribution is 2.28. The Balaban J connectivity index is 1.56. The Bertz CT molecular complexity index is 1100. The predicted octanol–water partition coefficient (Wildman–Crippen LogP) is 3.68. The topological polar surface area (TPSA) is 58.0 Å². The molecule has 32 heavy (non-hydrogen) atoms. The fourth-order valence-corrected chi connectivity index (χ4v) is 5.05. The van der Waals surface area contributed by atoms with Gasteiger partial charge in [-0.25, -0.2) is 9.37 Å². The van der Waals surface area contributed by atoms with Gasteiger partial charge in [-0.3, -0.25) is 4.98 Å². The fourth-order valence-electron chi connectivity index (χ4n) is 5.05. The molecule has 0 radical (unpaired) electrons. The molecule has 6 nitrogen and oxygen atoms in total.